The highest BCUT2D eigenvalue weighted by Crippen LogP contribution is 2.31. The Morgan fingerprint density at radius 2 is 1.33 bits per heavy atom. The molecule has 2 rings (SSSR count). The molecule has 0 saturated heterocycles. The number of anilines is 1. The van der Waals surface area contributed by atoms with Crippen LogP contribution < -0.4 is 24.3 Å². The molecule has 3 N–H and O–H groups in total. The van der Waals surface area contributed by atoms with E-state index in [9.17, 15) is 9.59 Å². The lowest BCUT2D eigenvalue weighted by Gasteiger charge is -2.14. The highest BCUT2D eigenvalue weighted by molar-refractivity contribution is 5.94. The molecule has 0 aliphatic rings. The fourth-order valence-electron chi connectivity index (χ4n) is 3.06. The number of rotatable bonds is 18. The van der Waals surface area contributed by atoms with E-state index in [-0.39, 0.29) is 71.0 Å². The van der Waals surface area contributed by atoms with E-state index < -0.39 is 0 Å². The van der Waals surface area contributed by atoms with Crippen molar-refractivity contribution in [2.24, 2.45) is 0 Å². The van der Waals surface area contributed by atoms with Crippen molar-refractivity contribution in [3.05, 3.63) is 42.0 Å². The molecule has 0 aliphatic carbocycles. The first-order chi connectivity index (χ1) is 17.5. The van der Waals surface area contributed by atoms with Crippen LogP contribution >= 0.6 is 0 Å². The Balaban J connectivity index is 1.92. The molecule has 0 saturated carbocycles. The molecule has 0 spiro atoms. The summed E-state index contributed by atoms with van der Waals surface area (Å²) in [5, 5.41) is 20.7. The second-order valence-electron chi connectivity index (χ2n) is 7.45. The maximum absolute atomic E-state index is 12.5. The summed E-state index contributed by atoms with van der Waals surface area (Å²) < 4.78 is 31.6. The van der Waals surface area contributed by atoms with E-state index in [0.29, 0.717) is 34.2 Å². The summed E-state index contributed by atoms with van der Waals surface area (Å²) in [6.07, 6.45) is 0.146. The molecule has 11 heteroatoms. The lowest BCUT2D eigenvalue weighted by Crippen LogP contribution is -2.14. The smallest absolute Gasteiger partial charge is 0.224 e. The number of nitrogens with one attached hydrogen (secondary N) is 1. The van der Waals surface area contributed by atoms with E-state index in [4.69, 9.17) is 38.6 Å². The number of benzene rings is 2. The Morgan fingerprint density at radius 1 is 0.750 bits per heavy atom. The molecule has 0 heterocycles. The summed E-state index contributed by atoms with van der Waals surface area (Å²) in [6.45, 7) is -0.159. The zero-order valence-corrected chi connectivity index (χ0v) is 20.5. The Labute approximate surface area is 209 Å². The third-order valence-electron chi connectivity index (χ3n) is 4.63. The maximum atomic E-state index is 12.5. The van der Waals surface area contributed by atoms with Crippen LogP contribution in [-0.2, 0) is 25.5 Å². The van der Waals surface area contributed by atoms with E-state index in [2.05, 4.69) is 5.32 Å². The number of ketones is 1. The van der Waals surface area contributed by atoms with Crippen LogP contribution in [0.15, 0.2) is 36.4 Å². The number of Topliss-reactive ketones (excluding diaryl/α,β-unsaturated/α-hetero) is 1. The number of hydrogen-bond acceptors (Lipinski definition) is 10. The van der Waals surface area contributed by atoms with Crippen molar-refractivity contribution in [1.82, 2.24) is 0 Å². The van der Waals surface area contributed by atoms with Crippen LogP contribution in [0.4, 0.5) is 5.69 Å². The monoisotopic (exact) mass is 507 g/mol. The number of aliphatic hydroxyl groups excluding tert-OH is 2. The van der Waals surface area contributed by atoms with Gasteiger partial charge in [0.1, 0.15) is 19.0 Å². The predicted molar refractivity (Wildman–Crippen MR) is 130 cm³/mol. The second-order valence-corrected chi connectivity index (χ2v) is 7.45. The van der Waals surface area contributed by atoms with Crippen LogP contribution in [0.5, 0.6) is 23.0 Å². The summed E-state index contributed by atoms with van der Waals surface area (Å²) in [6, 6.07) is 9.88. The molecular formula is C25H33NO10. The van der Waals surface area contributed by atoms with Gasteiger partial charge in [-0.25, -0.2) is 0 Å². The largest absolute Gasteiger partial charge is 0.487 e. The molecule has 2 aromatic rings. The first kappa shape index (κ1) is 28.9. The average Bonchev–Trinajstić information content (AvgIpc) is 2.88. The number of methoxy groups -OCH3 is 2. The molecule has 2 aromatic carbocycles. The van der Waals surface area contributed by atoms with Crippen LogP contribution in [-0.4, -0.2) is 76.1 Å². The SMILES string of the molecule is COCOc1ccc(NC(=O)CCC(=O)Cc2ccc(OCCO)c(OCCO)c2)cc1OCOC. The van der Waals surface area contributed by atoms with E-state index in [1.54, 1.807) is 36.4 Å². The molecule has 0 aromatic heterocycles. The number of aliphatic hydroxyl groups is 2. The van der Waals surface area contributed by atoms with Gasteiger partial charge < -0.3 is 44.0 Å². The summed E-state index contributed by atoms with van der Waals surface area (Å²) >= 11 is 0. The Bertz CT molecular complexity index is 888. The zero-order valence-electron chi connectivity index (χ0n) is 20.5. The molecule has 36 heavy (non-hydrogen) atoms. The van der Waals surface area contributed by atoms with Crippen molar-refractivity contribution in [2.75, 3.05) is 59.5 Å². The topological polar surface area (TPSA) is 142 Å². The Morgan fingerprint density at radius 3 is 2.00 bits per heavy atom. The molecule has 0 aliphatic heterocycles. The first-order valence-electron chi connectivity index (χ1n) is 11.3. The van der Waals surface area contributed by atoms with E-state index >= 15 is 0 Å². The van der Waals surface area contributed by atoms with E-state index in [1.165, 1.54) is 14.2 Å². The Hall–Kier alpha value is -3.38. The van der Waals surface area contributed by atoms with E-state index in [1.807, 2.05) is 0 Å². The van der Waals surface area contributed by atoms with Gasteiger partial charge in [0.15, 0.2) is 36.6 Å². The Kier molecular flexibility index (Phi) is 13.1. The van der Waals surface area contributed by atoms with Crippen molar-refractivity contribution in [3.63, 3.8) is 0 Å². The van der Waals surface area contributed by atoms with Crippen molar-refractivity contribution in [2.45, 2.75) is 19.3 Å². The minimum atomic E-state index is -0.327. The highest BCUT2D eigenvalue weighted by Gasteiger charge is 2.13. The number of hydrogen-bond donors (Lipinski definition) is 3. The molecule has 1 amide bonds. The summed E-state index contributed by atoms with van der Waals surface area (Å²) in [7, 11) is 2.99. The maximum Gasteiger partial charge on any atom is 0.224 e. The number of carbonyl (C=O) groups excluding carboxylic acids is 2. The van der Waals surface area contributed by atoms with Crippen LogP contribution in [0, 0.1) is 0 Å². The van der Waals surface area contributed by atoms with Gasteiger partial charge in [0.2, 0.25) is 5.91 Å². The molecule has 0 unspecified atom stereocenters. The van der Waals surface area contributed by atoms with Gasteiger partial charge in [-0.1, -0.05) is 6.07 Å². The minimum absolute atomic E-state index is 0.000581. The molecule has 0 fully saturated rings. The third kappa shape index (κ3) is 10.1. The van der Waals surface area contributed by atoms with Gasteiger partial charge >= 0.3 is 0 Å². The fourth-order valence-corrected chi connectivity index (χ4v) is 3.06. The van der Waals surface area contributed by atoms with Crippen molar-refractivity contribution >= 4 is 17.4 Å². The lowest BCUT2D eigenvalue weighted by atomic mass is 10.0. The highest BCUT2D eigenvalue weighted by atomic mass is 16.7. The van der Waals surface area contributed by atoms with Gasteiger partial charge in [0, 0.05) is 45.2 Å². The summed E-state index contributed by atoms with van der Waals surface area (Å²) in [4.78, 5) is 24.9. The van der Waals surface area contributed by atoms with Crippen LogP contribution in [0.3, 0.4) is 0 Å². The number of ether oxygens (including phenoxy) is 6. The number of amides is 1. The van der Waals surface area contributed by atoms with Crippen molar-refractivity contribution in [3.8, 4) is 23.0 Å². The van der Waals surface area contributed by atoms with Gasteiger partial charge in [-0.15, -0.1) is 0 Å². The first-order valence-corrected chi connectivity index (χ1v) is 11.3. The molecule has 198 valence electrons. The predicted octanol–water partition coefficient (Wildman–Crippen LogP) is 1.92. The molecule has 0 radical (unpaired) electrons. The van der Waals surface area contributed by atoms with Crippen LogP contribution in [0.25, 0.3) is 0 Å². The van der Waals surface area contributed by atoms with Gasteiger partial charge in [-0.2, -0.15) is 0 Å². The van der Waals surface area contributed by atoms with Gasteiger partial charge in [-0.05, 0) is 29.8 Å². The van der Waals surface area contributed by atoms with E-state index in [0.717, 1.165) is 0 Å². The lowest BCUT2D eigenvalue weighted by molar-refractivity contribution is -0.122. The van der Waals surface area contributed by atoms with Gasteiger partial charge in [0.05, 0.1) is 13.2 Å². The summed E-state index contributed by atoms with van der Waals surface area (Å²) in [5.41, 5.74) is 1.16. The normalized spacial score (nSPS) is 10.6. The fraction of sp³-hybridized carbons (Fsp3) is 0.440. The standard InChI is InChI=1S/C25H33NO10/c1-31-16-35-22-7-4-19(15-24(22)36-17-32-2)26-25(30)8-5-20(29)13-18-3-6-21(33-11-9-27)23(14-18)34-12-10-28/h3-4,6-7,14-15,27-28H,5,8-13,16-17H2,1-2H3,(H,26,30). The van der Waals surface area contributed by atoms with Crippen molar-refractivity contribution < 1.29 is 48.2 Å². The number of carbonyl (C=O) groups is 2. The average molecular weight is 508 g/mol. The van der Waals surface area contributed by atoms with Crippen molar-refractivity contribution in [1.29, 1.82) is 0 Å². The van der Waals surface area contributed by atoms with Gasteiger partial charge in [-0.3, -0.25) is 9.59 Å². The second kappa shape index (κ2) is 16.3. The van der Waals surface area contributed by atoms with Gasteiger partial charge in [0.25, 0.3) is 0 Å². The molecule has 0 atom stereocenters. The third-order valence-corrected chi connectivity index (χ3v) is 4.63. The molecule has 0 bridgehead atoms. The summed E-state index contributed by atoms with van der Waals surface area (Å²) in [5.74, 6) is 1.11. The minimum Gasteiger partial charge on any atom is -0.487 e. The molecule has 11 nitrogen and oxygen atoms in total. The molecular weight excluding hydrogens is 474 g/mol. The zero-order chi connectivity index (χ0) is 26.2. The van der Waals surface area contributed by atoms with Crippen LogP contribution in [0.1, 0.15) is 18.4 Å². The quantitative estimate of drug-likeness (QED) is 0.256. The van der Waals surface area contributed by atoms with Crippen LogP contribution in [0.2, 0.25) is 0 Å².